The number of non-ortho nitro benzene ring substituents is 1. The predicted octanol–water partition coefficient (Wildman–Crippen LogP) is 3.96. The molecule has 22 heavy (non-hydrogen) atoms. The van der Waals surface area contributed by atoms with E-state index in [9.17, 15) is 10.1 Å². The van der Waals surface area contributed by atoms with Crippen molar-refractivity contribution in [3.8, 4) is 0 Å². The van der Waals surface area contributed by atoms with Crippen molar-refractivity contribution in [2.45, 2.75) is 6.92 Å². The molecular weight excluding hydrogens is 300 g/mol. The molecule has 0 saturated heterocycles. The van der Waals surface area contributed by atoms with Crippen molar-refractivity contribution >= 4 is 38.6 Å². The third kappa shape index (κ3) is 2.94. The first kappa shape index (κ1) is 14.2. The van der Waals surface area contributed by atoms with E-state index in [1.807, 2.05) is 25.1 Å². The molecule has 0 unspecified atom stereocenters. The molecule has 1 heterocycles. The molecule has 0 aliphatic rings. The van der Waals surface area contributed by atoms with Gasteiger partial charge in [0.25, 0.3) is 5.69 Å². The normalized spacial score (nSPS) is 11.1. The molecule has 0 aliphatic heterocycles. The summed E-state index contributed by atoms with van der Waals surface area (Å²) in [5, 5.41) is 15.4. The van der Waals surface area contributed by atoms with E-state index in [1.54, 1.807) is 29.7 Å². The zero-order valence-corrected chi connectivity index (χ0v) is 12.5. The van der Waals surface area contributed by atoms with Crippen LogP contribution in [-0.2, 0) is 0 Å². The number of benzene rings is 2. The van der Waals surface area contributed by atoms with Gasteiger partial charge in [0.1, 0.15) is 0 Å². The summed E-state index contributed by atoms with van der Waals surface area (Å²) in [4.78, 5) is 14.6. The molecule has 1 N–H and O–H groups in total. The van der Waals surface area contributed by atoms with Crippen molar-refractivity contribution in [2.75, 3.05) is 5.43 Å². The van der Waals surface area contributed by atoms with E-state index in [4.69, 9.17) is 0 Å². The number of hydrogen-bond acceptors (Lipinski definition) is 6. The van der Waals surface area contributed by atoms with Crippen molar-refractivity contribution < 1.29 is 4.92 Å². The van der Waals surface area contributed by atoms with Gasteiger partial charge in [-0.2, -0.15) is 5.10 Å². The Balaban J connectivity index is 1.73. The topological polar surface area (TPSA) is 80.4 Å². The molecule has 3 rings (SSSR count). The fourth-order valence-corrected chi connectivity index (χ4v) is 2.86. The molecular formula is C15H12N4O2S. The van der Waals surface area contributed by atoms with Gasteiger partial charge in [-0.3, -0.25) is 15.5 Å². The highest BCUT2D eigenvalue weighted by Gasteiger charge is 2.05. The summed E-state index contributed by atoms with van der Waals surface area (Å²) < 4.78 is 1.13. The maximum atomic E-state index is 10.6. The van der Waals surface area contributed by atoms with E-state index in [1.165, 1.54) is 17.7 Å². The predicted molar refractivity (Wildman–Crippen MR) is 88.7 cm³/mol. The number of aryl methyl sites for hydroxylation is 1. The summed E-state index contributed by atoms with van der Waals surface area (Å²) in [5.41, 5.74) is 5.85. The van der Waals surface area contributed by atoms with Gasteiger partial charge in [-0.05, 0) is 36.2 Å². The average Bonchev–Trinajstić information content (AvgIpc) is 2.92. The number of fused-ring (bicyclic) bond motifs is 1. The Morgan fingerprint density at radius 2 is 2.05 bits per heavy atom. The van der Waals surface area contributed by atoms with Crippen LogP contribution in [-0.4, -0.2) is 16.1 Å². The Morgan fingerprint density at radius 1 is 1.27 bits per heavy atom. The minimum Gasteiger partial charge on any atom is -0.258 e. The van der Waals surface area contributed by atoms with E-state index < -0.39 is 4.92 Å². The molecule has 7 heteroatoms. The highest BCUT2D eigenvalue weighted by atomic mass is 32.1. The first-order chi connectivity index (χ1) is 10.6. The van der Waals surface area contributed by atoms with E-state index in [-0.39, 0.29) is 5.69 Å². The Hall–Kier alpha value is -2.80. The number of rotatable bonds is 4. The molecule has 0 bridgehead atoms. The maximum absolute atomic E-state index is 10.6. The number of thiazole rings is 1. The SMILES string of the molecule is Cc1cccc2nc(N/N=C\c3ccc([N+](=O)[O-])cc3)sc12. The molecule has 2 aromatic carbocycles. The number of hydrazone groups is 1. The second kappa shape index (κ2) is 5.90. The van der Waals surface area contributed by atoms with E-state index in [2.05, 4.69) is 15.5 Å². The van der Waals surface area contributed by atoms with Gasteiger partial charge in [0.15, 0.2) is 0 Å². The highest BCUT2D eigenvalue weighted by molar-refractivity contribution is 7.22. The Kier molecular flexibility index (Phi) is 3.80. The van der Waals surface area contributed by atoms with Crippen LogP contribution in [0.3, 0.4) is 0 Å². The minimum absolute atomic E-state index is 0.0618. The Labute approximate surface area is 130 Å². The van der Waals surface area contributed by atoms with E-state index >= 15 is 0 Å². The molecule has 0 amide bonds. The molecule has 0 aliphatic carbocycles. The van der Waals surface area contributed by atoms with Gasteiger partial charge in [-0.25, -0.2) is 4.98 Å². The van der Waals surface area contributed by atoms with Gasteiger partial charge in [-0.15, -0.1) is 0 Å². The summed E-state index contributed by atoms with van der Waals surface area (Å²) in [5.74, 6) is 0. The lowest BCUT2D eigenvalue weighted by atomic mass is 10.2. The van der Waals surface area contributed by atoms with Crippen molar-refractivity contribution in [1.29, 1.82) is 0 Å². The van der Waals surface area contributed by atoms with E-state index in [0.717, 1.165) is 15.8 Å². The lowest BCUT2D eigenvalue weighted by Crippen LogP contribution is -1.91. The van der Waals surface area contributed by atoms with Crippen LogP contribution in [0.25, 0.3) is 10.2 Å². The lowest BCUT2D eigenvalue weighted by Gasteiger charge is -1.94. The van der Waals surface area contributed by atoms with Crippen molar-refractivity contribution in [3.63, 3.8) is 0 Å². The molecule has 0 radical (unpaired) electrons. The molecule has 0 spiro atoms. The smallest absolute Gasteiger partial charge is 0.258 e. The van der Waals surface area contributed by atoms with Crippen LogP contribution in [0.15, 0.2) is 47.6 Å². The zero-order valence-electron chi connectivity index (χ0n) is 11.7. The fourth-order valence-electron chi connectivity index (χ4n) is 1.98. The molecule has 1 aromatic heterocycles. The standard InChI is InChI=1S/C15H12N4O2S/c1-10-3-2-4-13-14(10)22-15(17-13)18-16-9-11-5-7-12(8-6-11)19(20)21/h2-9H,1H3,(H,17,18)/b16-9-. The number of nitro benzene ring substituents is 1. The van der Waals surface area contributed by atoms with Crippen molar-refractivity contribution in [1.82, 2.24) is 4.98 Å². The zero-order chi connectivity index (χ0) is 15.5. The fraction of sp³-hybridized carbons (Fsp3) is 0.0667. The molecule has 0 fully saturated rings. The lowest BCUT2D eigenvalue weighted by molar-refractivity contribution is -0.384. The van der Waals surface area contributed by atoms with Gasteiger partial charge in [-0.1, -0.05) is 23.5 Å². The second-order valence-electron chi connectivity index (χ2n) is 4.66. The van der Waals surface area contributed by atoms with Gasteiger partial charge in [0.05, 0.1) is 21.4 Å². The second-order valence-corrected chi connectivity index (χ2v) is 5.66. The molecule has 3 aromatic rings. The van der Waals surface area contributed by atoms with Gasteiger partial charge >= 0.3 is 0 Å². The van der Waals surface area contributed by atoms with Crippen LogP contribution in [0.2, 0.25) is 0 Å². The number of nitrogens with one attached hydrogen (secondary N) is 1. The van der Waals surface area contributed by atoms with Gasteiger partial charge < -0.3 is 0 Å². The van der Waals surface area contributed by atoms with Gasteiger partial charge in [0.2, 0.25) is 5.13 Å². The quantitative estimate of drug-likeness (QED) is 0.449. The number of nitrogens with zero attached hydrogens (tertiary/aromatic N) is 3. The first-order valence-electron chi connectivity index (χ1n) is 6.53. The van der Waals surface area contributed by atoms with Crippen LogP contribution in [0, 0.1) is 17.0 Å². The summed E-state index contributed by atoms with van der Waals surface area (Å²) in [6, 6.07) is 12.2. The molecule has 0 saturated carbocycles. The third-order valence-corrected chi connectivity index (χ3v) is 4.20. The first-order valence-corrected chi connectivity index (χ1v) is 7.35. The van der Waals surface area contributed by atoms with Crippen LogP contribution >= 0.6 is 11.3 Å². The van der Waals surface area contributed by atoms with Crippen LogP contribution in [0.4, 0.5) is 10.8 Å². The number of aromatic nitrogens is 1. The van der Waals surface area contributed by atoms with Crippen LogP contribution in [0.5, 0.6) is 0 Å². The third-order valence-electron chi connectivity index (χ3n) is 3.09. The number of nitro groups is 1. The maximum Gasteiger partial charge on any atom is 0.269 e. The number of anilines is 1. The van der Waals surface area contributed by atoms with Crippen molar-refractivity contribution in [3.05, 3.63) is 63.7 Å². The van der Waals surface area contributed by atoms with Crippen molar-refractivity contribution in [2.24, 2.45) is 5.10 Å². The highest BCUT2D eigenvalue weighted by Crippen LogP contribution is 2.28. The molecule has 6 nitrogen and oxygen atoms in total. The van der Waals surface area contributed by atoms with E-state index in [0.29, 0.717) is 5.13 Å². The summed E-state index contributed by atoms with van der Waals surface area (Å²) in [7, 11) is 0. The average molecular weight is 312 g/mol. The monoisotopic (exact) mass is 312 g/mol. The summed E-state index contributed by atoms with van der Waals surface area (Å²) in [6.45, 7) is 2.05. The largest absolute Gasteiger partial charge is 0.269 e. The molecule has 0 atom stereocenters. The minimum atomic E-state index is -0.428. The van der Waals surface area contributed by atoms with Crippen LogP contribution < -0.4 is 5.43 Å². The Bertz CT molecular complexity index is 856. The summed E-state index contributed by atoms with van der Waals surface area (Å²) in [6.07, 6.45) is 1.60. The van der Waals surface area contributed by atoms with Crippen LogP contribution in [0.1, 0.15) is 11.1 Å². The molecule has 110 valence electrons. The summed E-state index contributed by atoms with van der Waals surface area (Å²) >= 11 is 1.54. The Morgan fingerprint density at radius 3 is 2.73 bits per heavy atom. The number of hydrogen-bond donors (Lipinski definition) is 1. The van der Waals surface area contributed by atoms with Gasteiger partial charge in [0, 0.05) is 12.1 Å².